The van der Waals surface area contributed by atoms with Gasteiger partial charge < -0.3 is 10.2 Å². The number of anilines is 1. The van der Waals surface area contributed by atoms with E-state index in [1.165, 1.54) is 12.1 Å². The van der Waals surface area contributed by atoms with Crippen LogP contribution in [-0.4, -0.2) is 25.1 Å². The average Bonchev–Trinajstić information content (AvgIpc) is 2.27. The summed E-state index contributed by atoms with van der Waals surface area (Å²) >= 11 is 0. The first-order chi connectivity index (χ1) is 7.27. The van der Waals surface area contributed by atoms with Gasteiger partial charge in [-0.2, -0.15) is 0 Å². The Morgan fingerprint density at radius 1 is 1.40 bits per heavy atom. The first-order valence-electron chi connectivity index (χ1n) is 5.64. The van der Waals surface area contributed by atoms with E-state index in [-0.39, 0.29) is 0 Å². The Kier molecular flexibility index (Phi) is 5.12. The lowest BCUT2D eigenvalue weighted by molar-refractivity contribution is 0.710. The molecule has 0 spiro atoms. The molecule has 1 heterocycles. The summed E-state index contributed by atoms with van der Waals surface area (Å²) in [5.74, 6) is 0. The smallest absolute Gasteiger partial charge is 0.0562 e. The normalized spacial score (nSPS) is 10.3. The Bertz CT molecular complexity index is 286. The monoisotopic (exact) mass is 207 g/mol. The maximum absolute atomic E-state index is 4.33. The Hall–Kier alpha value is -1.09. The Labute approximate surface area is 92.5 Å². The maximum atomic E-state index is 4.33. The molecule has 3 nitrogen and oxygen atoms in total. The number of hydrogen-bond acceptors (Lipinski definition) is 3. The van der Waals surface area contributed by atoms with Crippen LogP contribution in [0.3, 0.4) is 0 Å². The van der Waals surface area contributed by atoms with Gasteiger partial charge in [-0.15, -0.1) is 0 Å². The van der Waals surface area contributed by atoms with Crippen molar-refractivity contribution in [2.24, 2.45) is 0 Å². The molecule has 0 aromatic carbocycles. The second-order valence-electron chi connectivity index (χ2n) is 3.71. The molecule has 0 aliphatic heterocycles. The third kappa shape index (κ3) is 3.88. The highest BCUT2D eigenvalue weighted by atomic mass is 15.1. The molecule has 1 aromatic heterocycles. The molecule has 84 valence electrons. The molecule has 0 saturated carbocycles. The lowest BCUT2D eigenvalue weighted by atomic mass is 10.3. The van der Waals surface area contributed by atoms with Gasteiger partial charge in [0.1, 0.15) is 0 Å². The molecule has 1 N–H and O–H groups in total. The van der Waals surface area contributed by atoms with E-state index in [1.54, 1.807) is 0 Å². The van der Waals surface area contributed by atoms with Gasteiger partial charge in [0.25, 0.3) is 0 Å². The van der Waals surface area contributed by atoms with Crippen LogP contribution in [0.5, 0.6) is 0 Å². The average molecular weight is 207 g/mol. The molecule has 0 amide bonds. The van der Waals surface area contributed by atoms with Crippen molar-refractivity contribution in [2.45, 2.75) is 26.8 Å². The molecule has 0 fully saturated rings. The summed E-state index contributed by atoms with van der Waals surface area (Å²) in [6.45, 7) is 7.22. The van der Waals surface area contributed by atoms with E-state index in [0.29, 0.717) is 0 Å². The fraction of sp³-hybridized carbons (Fsp3) is 0.583. The Morgan fingerprint density at radius 2 is 2.20 bits per heavy atom. The Balaban J connectivity index is 2.64. The standard InChI is InChI=1S/C12H21N3/c1-4-8-15(3)12-6-7-14-11(9-12)10-13-5-2/h6-7,9,13H,4-5,8,10H2,1-3H3. The summed E-state index contributed by atoms with van der Waals surface area (Å²) in [7, 11) is 2.12. The predicted octanol–water partition coefficient (Wildman–Crippen LogP) is 2.04. The number of aromatic nitrogens is 1. The van der Waals surface area contributed by atoms with Gasteiger partial charge in [-0.25, -0.2) is 0 Å². The van der Waals surface area contributed by atoms with Crippen LogP contribution in [0, 0.1) is 0 Å². The van der Waals surface area contributed by atoms with Crippen LogP contribution in [0.2, 0.25) is 0 Å². The van der Waals surface area contributed by atoms with E-state index < -0.39 is 0 Å². The number of rotatable bonds is 6. The van der Waals surface area contributed by atoms with E-state index in [1.807, 2.05) is 6.20 Å². The minimum atomic E-state index is 0.851. The van der Waals surface area contributed by atoms with E-state index in [2.05, 4.69) is 48.2 Å². The molecule has 0 unspecified atom stereocenters. The summed E-state index contributed by atoms with van der Waals surface area (Å²) in [6, 6.07) is 4.21. The van der Waals surface area contributed by atoms with Gasteiger partial charge in [0, 0.05) is 32.0 Å². The summed E-state index contributed by atoms with van der Waals surface area (Å²) in [6.07, 6.45) is 3.05. The van der Waals surface area contributed by atoms with Gasteiger partial charge >= 0.3 is 0 Å². The minimum Gasteiger partial charge on any atom is -0.375 e. The van der Waals surface area contributed by atoms with Gasteiger partial charge in [0.05, 0.1) is 5.69 Å². The van der Waals surface area contributed by atoms with Crippen LogP contribution < -0.4 is 10.2 Å². The van der Waals surface area contributed by atoms with Crippen LogP contribution >= 0.6 is 0 Å². The first kappa shape index (κ1) is 12.0. The molecule has 0 bridgehead atoms. The van der Waals surface area contributed by atoms with Crippen LogP contribution in [0.15, 0.2) is 18.3 Å². The van der Waals surface area contributed by atoms with Crippen LogP contribution in [0.4, 0.5) is 5.69 Å². The zero-order chi connectivity index (χ0) is 11.1. The largest absolute Gasteiger partial charge is 0.375 e. The third-order valence-corrected chi connectivity index (χ3v) is 2.36. The van der Waals surface area contributed by atoms with Gasteiger partial charge in [0.15, 0.2) is 0 Å². The zero-order valence-corrected chi connectivity index (χ0v) is 9.95. The summed E-state index contributed by atoms with van der Waals surface area (Å²) in [5.41, 5.74) is 2.36. The van der Waals surface area contributed by atoms with Crippen LogP contribution in [0.1, 0.15) is 26.0 Å². The highest BCUT2D eigenvalue weighted by Gasteiger charge is 2.01. The molecule has 1 aromatic rings. The zero-order valence-electron chi connectivity index (χ0n) is 9.95. The van der Waals surface area contributed by atoms with Crippen molar-refractivity contribution in [3.8, 4) is 0 Å². The lowest BCUT2D eigenvalue weighted by Crippen LogP contribution is -2.19. The van der Waals surface area contributed by atoms with E-state index in [4.69, 9.17) is 0 Å². The van der Waals surface area contributed by atoms with E-state index in [9.17, 15) is 0 Å². The van der Waals surface area contributed by atoms with Gasteiger partial charge in [-0.05, 0) is 25.1 Å². The third-order valence-electron chi connectivity index (χ3n) is 2.36. The molecule has 15 heavy (non-hydrogen) atoms. The SMILES string of the molecule is CCCN(C)c1ccnc(CNCC)c1. The van der Waals surface area contributed by atoms with E-state index >= 15 is 0 Å². The van der Waals surface area contributed by atoms with Crippen molar-refractivity contribution in [3.05, 3.63) is 24.0 Å². The van der Waals surface area contributed by atoms with Crippen molar-refractivity contribution in [2.75, 3.05) is 25.0 Å². The van der Waals surface area contributed by atoms with Crippen molar-refractivity contribution in [1.29, 1.82) is 0 Å². The number of nitrogens with one attached hydrogen (secondary N) is 1. The molecule has 1 rings (SSSR count). The molecule has 0 saturated heterocycles. The van der Waals surface area contributed by atoms with Gasteiger partial charge in [-0.1, -0.05) is 13.8 Å². The highest BCUT2D eigenvalue weighted by Crippen LogP contribution is 2.12. The first-order valence-corrected chi connectivity index (χ1v) is 5.64. The topological polar surface area (TPSA) is 28.2 Å². The van der Waals surface area contributed by atoms with Crippen LogP contribution in [0.25, 0.3) is 0 Å². The van der Waals surface area contributed by atoms with Crippen molar-refractivity contribution < 1.29 is 0 Å². The second kappa shape index (κ2) is 6.40. The lowest BCUT2D eigenvalue weighted by Gasteiger charge is -2.18. The molecule has 0 radical (unpaired) electrons. The Morgan fingerprint density at radius 3 is 2.87 bits per heavy atom. The number of nitrogens with zero attached hydrogens (tertiary/aromatic N) is 2. The summed E-state index contributed by atoms with van der Waals surface area (Å²) in [5, 5.41) is 3.28. The number of hydrogen-bond donors (Lipinski definition) is 1. The molecule has 0 aliphatic rings. The quantitative estimate of drug-likeness (QED) is 0.773. The molecular weight excluding hydrogens is 186 g/mol. The van der Waals surface area contributed by atoms with Gasteiger partial charge in [-0.3, -0.25) is 4.98 Å². The fourth-order valence-corrected chi connectivity index (χ4v) is 1.52. The molecule has 0 aliphatic carbocycles. The fourth-order valence-electron chi connectivity index (χ4n) is 1.52. The number of pyridine rings is 1. The van der Waals surface area contributed by atoms with Crippen molar-refractivity contribution >= 4 is 5.69 Å². The highest BCUT2D eigenvalue weighted by molar-refractivity contribution is 5.45. The van der Waals surface area contributed by atoms with Gasteiger partial charge in [0.2, 0.25) is 0 Å². The second-order valence-corrected chi connectivity index (χ2v) is 3.71. The van der Waals surface area contributed by atoms with Crippen molar-refractivity contribution in [1.82, 2.24) is 10.3 Å². The predicted molar refractivity (Wildman–Crippen MR) is 65.2 cm³/mol. The van der Waals surface area contributed by atoms with E-state index in [0.717, 1.165) is 25.3 Å². The maximum Gasteiger partial charge on any atom is 0.0562 e. The molecule has 3 heteroatoms. The minimum absolute atomic E-state index is 0.851. The van der Waals surface area contributed by atoms with Crippen molar-refractivity contribution in [3.63, 3.8) is 0 Å². The molecular formula is C12H21N3. The summed E-state index contributed by atoms with van der Waals surface area (Å²) < 4.78 is 0. The van der Waals surface area contributed by atoms with Crippen LogP contribution in [-0.2, 0) is 6.54 Å². The summed E-state index contributed by atoms with van der Waals surface area (Å²) in [4.78, 5) is 6.59. The molecule has 0 atom stereocenters.